The van der Waals surface area contributed by atoms with Crippen LogP contribution in [0.25, 0.3) is 0 Å². The Labute approximate surface area is 85.4 Å². The quantitative estimate of drug-likeness (QED) is 0.477. The SMILES string of the molecule is FC1COCCN1C1CCCCCC1. The monoisotopic (exact) mass is 201 g/mol. The van der Waals surface area contributed by atoms with Crippen LogP contribution in [0, 0.1) is 0 Å². The molecular formula is C11H20FNO. The molecule has 0 spiro atoms. The van der Waals surface area contributed by atoms with Gasteiger partial charge in [-0.1, -0.05) is 25.7 Å². The zero-order valence-corrected chi connectivity index (χ0v) is 8.75. The number of hydrogen-bond acceptors (Lipinski definition) is 2. The minimum atomic E-state index is -0.855. The summed E-state index contributed by atoms with van der Waals surface area (Å²) in [6.07, 6.45) is 6.71. The number of alkyl halides is 1. The molecule has 0 bridgehead atoms. The van der Waals surface area contributed by atoms with E-state index in [0.29, 0.717) is 12.6 Å². The Kier molecular flexibility index (Phi) is 3.76. The van der Waals surface area contributed by atoms with Crippen molar-refractivity contribution >= 4 is 0 Å². The molecule has 0 radical (unpaired) electrons. The molecule has 1 aliphatic heterocycles. The van der Waals surface area contributed by atoms with Crippen molar-refractivity contribution < 1.29 is 9.13 Å². The third-order valence-electron chi connectivity index (χ3n) is 3.40. The minimum Gasteiger partial charge on any atom is -0.376 e. The van der Waals surface area contributed by atoms with Gasteiger partial charge in [0.25, 0.3) is 0 Å². The van der Waals surface area contributed by atoms with Crippen LogP contribution in [0.3, 0.4) is 0 Å². The molecule has 0 aromatic heterocycles. The second-order valence-corrected chi connectivity index (χ2v) is 4.39. The molecule has 2 fully saturated rings. The molecule has 2 aliphatic rings. The minimum absolute atomic E-state index is 0.274. The van der Waals surface area contributed by atoms with Crippen LogP contribution in [0.4, 0.5) is 4.39 Å². The Morgan fingerprint density at radius 1 is 1.07 bits per heavy atom. The Morgan fingerprint density at radius 3 is 2.43 bits per heavy atom. The Morgan fingerprint density at radius 2 is 1.79 bits per heavy atom. The summed E-state index contributed by atoms with van der Waals surface area (Å²) in [5.74, 6) is 0. The lowest BCUT2D eigenvalue weighted by atomic mass is 10.1. The third kappa shape index (κ3) is 2.45. The molecule has 0 aromatic rings. The fraction of sp³-hybridized carbons (Fsp3) is 1.00. The summed E-state index contributed by atoms with van der Waals surface area (Å²) in [7, 11) is 0. The van der Waals surface area contributed by atoms with E-state index in [1.165, 1.54) is 38.5 Å². The van der Waals surface area contributed by atoms with Crippen LogP contribution in [0.1, 0.15) is 38.5 Å². The van der Waals surface area contributed by atoms with Crippen molar-refractivity contribution in [3.63, 3.8) is 0 Å². The first-order valence-electron chi connectivity index (χ1n) is 5.85. The maximum Gasteiger partial charge on any atom is 0.177 e. The van der Waals surface area contributed by atoms with Gasteiger partial charge >= 0.3 is 0 Å². The van der Waals surface area contributed by atoms with Crippen molar-refractivity contribution in [2.45, 2.75) is 50.9 Å². The van der Waals surface area contributed by atoms with E-state index in [1.54, 1.807) is 0 Å². The highest BCUT2D eigenvalue weighted by Crippen LogP contribution is 2.24. The van der Waals surface area contributed by atoms with Gasteiger partial charge in [-0.2, -0.15) is 0 Å². The van der Waals surface area contributed by atoms with E-state index in [-0.39, 0.29) is 6.61 Å². The molecule has 1 saturated carbocycles. The molecule has 2 nitrogen and oxygen atoms in total. The lowest BCUT2D eigenvalue weighted by Crippen LogP contribution is -2.48. The summed E-state index contributed by atoms with van der Waals surface area (Å²) < 4.78 is 18.7. The van der Waals surface area contributed by atoms with Gasteiger partial charge < -0.3 is 4.74 Å². The van der Waals surface area contributed by atoms with E-state index in [0.717, 1.165) is 6.54 Å². The predicted octanol–water partition coefficient (Wildman–Crippen LogP) is 2.34. The largest absolute Gasteiger partial charge is 0.376 e. The van der Waals surface area contributed by atoms with Gasteiger partial charge in [0.2, 0.25) is 0 Å². The number of hydrogen-bond donors (Lipinski definition) is 0. The molecule has 2 rings (SSSR count). The van der Waals surface area contributed by atoms with E-state index in [9.17, 15) is 4.39 Å². The summed E-state index contributed by atoms with van der Waals surface area (Å²) in [5.41, 5.74) is 0. The van der Waals surface area contributed by atoms with Gasteiger partial charge in [0.15, 0.2) is 6.30 Å². The number of nitrogens with zero attached hydrogens (tertiary/aromatic N) is 1. The number of ether oxygens (including phenoxy) is 1. The Bertz CT molecular complexity index is 169. The van der Waals surface area contributed by atoms with Gasteiger partial charge in [-0.3, -0.25) is 4.90 Å². The van der Waals surface area contributed by atoms with Crippen LogP contribution < -0.4 is 0 Å². The van der Waals surface area contributed by atoms with E-state index >= 15 is 0 Å². The fourth-order valence-corrected chi connectivity index (χ4v) is 2.59. The smallest absolute Gasteiger partial charge is 0.177 e. The molecule has 1 unspecified atom stereocenters. The second-order valence-electron chi connectivity index (χ2n) is 4.39. The first-order valence-corrected chi connectivity index (χ1v) is 5.85. The molecule has 82 valence electrons. The van der Waals surface area contributed by atoms with Crippen molar-refractivity contribution in [1.82, 2.24) is 4.90 Å². The molecule has 0 N–H and O–H groups in total. The van der Waals surface area contributed by atoms with Gasteiger partial charge in [0, 0.05) is 12.6 Å². The molecule has 3 heteroatoms. The summed E-state index contributed by atoms with van der Waals surface area (Å²) >= 11 is 0. The molecule has 1 atom stereocenters. The van der Waals surface area contributed by atoms with E-state index < -0.39 is 6.30 Å². The normalized spacial score (nSPS) is 32.8. The van der Waals surface area contributed by atoms with Crippen molar-refractivity contribution in [3.05, 3.63) is 0 Å². The van der Waals surface area contributed by atoms with Crippen molar-refractivity contribution in [3.8, 4) is 0 Å². The van der Waals surface area contributed by atoms with Crippen molar-refractivity contribution in [2.24, 2.45) is 0 Å². The van der Waals surface area contributed by atoms with Crippen molar-refractivity contribution in [1.29, 1.82) is 0 Å². The fourth-order valence-electron chi connectivity index (χ4n) is 2.59. The second kappa shape index (κ2) is 5.08. The van der Waals surface area contributed by atoms with Gasteiger partial charge in [-0.25, -0.2) is 4.39 Å². The molecule has 1 saturated heterocycles. The maximum atomic E-state index is 13.6. The average Bonchev–Trinajstić information content (AvgIpc) is 2.47. The van der Waals surface area contributed by atoms with Gasteiger partial charge in [-0.15, -0.1) is 0 Å². The Hall–Kier alpha value is -0.150. The first kappa shape index (κ1) is 10.4. The number of morpholine rings is 1. The highest BCUT2D eigenvalue weighted by Gasteiger charge is 2.29. The number of halogens is 1. The zero-order valence-electron chi connectivity index (χ0n) is 8.75. The highest BCUT2D eigenvalue weighted by atomic mass is 19.1. The summed E-state index contributed by atoms with van der Waals surface area (Å²) in [5, 5.41) is 0. The van der Waals surface area contributed by atoms with Crippen LogP contribution in [0.2, 0.25) is 0 Å². The van der Waals surface area contributed by atoms with Gasteiger partial charge in [0.1, 0.15) is 0 Å². The van der Waals surface area contributed by atoms with Gasteiger partial charge in [-0.05, 0) is 12.8 Å². The lowest BCUT2D eigenvalue weighted by Gasteiger charge is -2.36. The van der Waals surface area contributed by atoms with E-state index in [4.69, 9.17) is 4.74 Å². The highest BCUT2D eigenvalue weighted by molar-refractivity contribution is 4.78. The standard InChI is InChI=1S/C11H20FNO/c12-11-9-14-8-7-13(11)10-5-3-1-2-4-6-10/h10-11H,1-9H2. The topological polar surface area (TPSA) is 12.5 Å². The number of rotatable bonds is 1. The average molecular weight is 201 g/mol. The van der Waals surface area contributed by atoms with Gasteiger partial charge in [0.05, 0.1) is 13.2 Å². The maximum absolute atomic E-state index is 13.6. The zero-order chi connectivity index (χ0) is 9.80. The van der Waals surface area contributed by atoms with Crippen LogP contribution in [0.15, 0.2) is 0 Å². The van der Waals surface area contributed by atoms with Crippen LogP contribution in [-0.4, -0.2) is 37.0 Å². The molecule has 14 heavy (non-hydrogen) atoms. The lowest BCUT2D eigenvalue weighted by molar-refractivity contribution is -0.0844. The van der Waals surface area contributed by atoms with E-state index in [1.807, 2.05) is 4.90 Å². The predicted molar refractivity (Wildman–Crippen MR) is 53.9 cm³/mol. The van der Waals surface area contributed by atoms with Crippen LogP contribution >= 0.6 is 0 Å². The van der Waals surface area contributed by atoms with Crippen molar-refractivity contribution in [2.75, 3.05) is 19.8 Å². The van der Waals surface area contributed by atoms with Crippen LogP contribution in [0.5, 0.6) is 0 Å². The Balaban J connectivity index is 1.90. The molecule has 0 aromatic carbocycles. The molecule has 0 amide bonds. The third-order valence-corrected chi connectivity index (χ3v) is 3.40. The summed E-state index contributed by atoms with van der Waals surface area (Å²) in [4.78, 5) is 2.02. The van der Waals surface area contributed by atoms with Crippen LogP contribution in [-0.2, 0) is 4.74 Å². The summed E-state index contributed by atoms with van der Waals surface area (Å²) in [6, 6.07) is 0.483. The first-order chi connectivity index (χ1) is 6.88. The molecule has 1 heterocycles. The molecular weight excluding hydrogens is 181 g/mol. The molecule has 1 aliphatic carbocycles. The van der Waals surface area contributed by atoms with E-state index in [2.05, 4.69) is 0 Å². The summed E-state index contributed by atoms with van der Waals surface area (Å²) in [6.45, 7) is 1.76.